The van der Waals surface area contributed by atoms with E-state index < -0.39 is 0 Å². The van der Waals surface area contributed by atoms with Crippen LogP contribution in [0, 0.1) is 23.0 Å². The van der Waals surface area contributed by atoms with Gasteiger partial charge < -0.3 is 14.7 Å². The van der Waals surface area contributed by atoms with E-state index in [9.17, 15) is 10.1 Å². The molecule has 2 aromatic heterocycles. The van der Waals surface area contributed by atoms with Crippen LogP contribution in [0.5, 0.6) is 0 Å². The fourth-order valence-electron chi connectivity index (χ4n) is 2.63. The number of hydrogen-bond donors (Lipinski definition) is 0. The Kier molecular flexibility index (Phi) is 2.81. The van der Waals surface area contributed by atoms with Crippen LogP contribution in [0.15, 0.2) is 18.5 Å². The first-order valence-electron chi connectivity index (χ1n) is 6.32. The lowest BCUT2D eigenvalue weighted by atomic mass is 9.98. The number of imidazole rings is 1. The summed E-state index contributed by atoms with van der Waals surface area (Å²) in [5, 5.41) is 15.2. The maximum absolute atomic E-state index is 11.0. The third-order valence-corrected chi connectivity index (χ3v) is 3.55. The van der Waals surface area contributed by atoms with Crippen molar-refractivity contribution >= 4 is 5.82 Å². The average Bonchev–Trinajstić information content (AvgIpc) is 2.95. The van der Waals surface area contributed by atoms with Gasteiger partial charge >= 0.3 is 5.82 Å². The third-order valence-electron chi connectivity index (χ3n) is 3.55. The molecule has 3 rings (SSSR count). The molecule has 0 fully saturated rings. The molecule has 0 N–H and O–H groups in total. The Hall–Kier alpha value is -2.18. The lowest BCUT2D eigenvalue weighted by Crippen LogP contribution is -2.24. The first-order chi connectivity index (χ1) is 9.13. The third kappa shape index (κ3) is 2.23. The molecule has 7 nitrogen and oxygen atoms in total. The second kappa shape index (κ2) is 4.49. The summed E-state index contributed by atoms with van der Waals surface area (Å²) < 4.78 is 3.65. The van der Waals surface area contributed by atoms with Gasteiger partial charge in [0.25, 0.3) is 0 Å². The fourth-order valence-corrected chi connectivity index (χ4v) is 2.63. The van der Waals surface area contributed by atoms with Gasteiger partial charge in [-0.15, -0.1) is 4.68 Å². The Balaban J connectivity index is 1.78. The minimum Gasteiger partial charge on any atom is -0.358 e. The highest BCUT2D eigenvalue weighted by molar-refractivity contribution is 5.22. The molecule has 0 bridgehead atoms. The fraction of sp³-hybridized carbons (Fsp3) is 0.500. The lowest BCUT2D eigenvalue weighted by molar-refractivity contribution is -0.392. The number of rotatable bonds is 3. The Bertz CT molecular complexity index is 615. The van der Waals surface area contributed by atoms with Crippen LogP contribution in [-0.4, -0.2) is 24.3 Å². The molecule has 1 aliphatic rings. The zero-order valence-electron chi connectivity index (χ0n) is 10.7. The van der Waals surface area contributed by atoms with Gasteiger partial charge in [-0.05, 0) is 18.3 Å². The van der Waals surface area contributed by atoms with Gasteiger partial charge in [-0.3, -0.25) is 0 Å². The summed E-state index contributed by atoms with van der Waals surface area (Å²) in [6, 6.07) is 1.52. The molecule has 2 aromatic rings. The maximum atomic E-state index is 11.0. The monoisotopic (exact) mass is 261 g/mol. The number of nitro groups is 1. The summed E-state index contributed by atoms with van der Waals surface area (Å²) in [6.07, 6.45) is 5.63. The van der Waals surface area contributed by atoms with Crippen molar-refractivity contribution < 1.29 is 4.92 Å². The summed E-state index contributed by atoms with van der Waals surface area (Å²) in [7, 11) is 0. The van der Waals surface area contributed by atoms with Gasteiger partial charge in [0.1, 0.15) is 12.4 Å². The molecule has 1 unspecified atom stereocenters. The highest BCUT2D eigenvalue weighted by Gasteiger charge is 2.25. The van der Waals surface area contributed by atoms with Crippen molar-refractivity contribution in [2.75, 3.05) is 0 Å². The molecule has 19 heavy (non-hydrogen) atoms. The topological polar surface area (TPSA) is 78.8 Å². The van der Waals surface area contributed by atoms with Crippen molar-refractivity contribution in [1.82, 2.24) is 19.3 Å². The molecule has 0 amide bonds. The van der Waals surface area contributed by atoms with E-state index in [0.717, 1.165) is 25.2 Å². The van der Waals surface area contributed by atoms with Crippen molar-refractivity contribution in [2.45, 2.75) is 32.9 Å². The summed E-state index contributed by atoms with van der Waals surface area (Å²) in [5.41, 5.74) is 0.684. The second-order valence-corrected chi connectivity index (χ2v) is 4.98. The summed E-state index contributed by atoms with van der Waals surface area (Å²) in [4.78, 5) is 14.9. The van der Waals surface area contributed by atoms with Crippen LogP contribution in [0.2, 0.25) is 0 Å². The van der Waals surface area contributed by atoms with Gasteiger partial charge in [-0.2, -0.15) is 0 Å². The van der Waals surface area contributed by atoms with Gasteiger partial charge in [-0.25, -0.2) is 4.98 Å². The molecule has 100 valence electrons. The van der Waals surface area contributed by atoms with Crippen molar-refractivity contribution in [2.24, 2.45) is 5.92 Å². The lowest BCUT2D eigenvalue weighted by Gasteiger charge is -2.21. The van der Waals surface area contributed by atoms with Gasteiger partial charge in [0.05, 0.1) is 11.8 Å². The minimum atomic E-state index is -0.371. The Morgan fingerprint density at radius 3 is 3.21 bits per heavy atom. The SMILES string of the molecule is Cc1cc([N+](=O)[O-])n(CC2CCn3ccnc3C2)n1. The quantitative estimate of drug-likeness (QED) is 0.620. The number of hydrogen-bond acceptors (Lipinski definition) is 4. The van der Waals surface area contributed by atoms with Crippen LogP contribution >= 0.6 is 0 Å². The Morgan fingerprint density at radius 1 is 1.58 bits per heavy atom. The van der Waals surface area contributed by atoms with Gasteiger partial charge in [-0.1, -0.05) is 5.10 Å². The smallest absolute Gasteiger partial charge is 0.345 e. The molecular formula is C12H15N5O2. The largest absolute Gasteiger partial charge is 0.358 e. The summed E-state index contributed by atoms with van der Waals surface area (Å²) in [5.74, 6) is 1.49. The molecule has 0 saturated carbocycles. The molecule has 0 spiro atoms. The standard InChI is InChI=1S/C12H15N5O2/c1-9-6-12(17(18)19)16(14-9)8-10-2-4-15-5-3-13-11(15)7-10/h3,5-6,10H,2,4,7-8H2,1H3. The predicted molar refractivity (Wildman–Crippen MR) is 67.7 cm³/mol. The highest BCUT2D eigenvalue weighted by Crippen LogP contribution is 2.23. The zero-order valence-corrected chi connectivity index (χ0v) is 10.7. The number of aromatic nitrogens is 4. The van der Waals surface area contributed by atoms with Crippen molar-refractivity contribution in [3.63, 3.8) is 0 Å². The van der Waals surface area contributed by atoms with E-state index in [1.165, 1.54) is 10.7 Å². The van der Waals surface area contributed by atoms with E-state index >= 15 is 0 Å². The highest BCUT2D eigenvalue weighted by atomic mass is 16.6. The van der Waals surface area contributed by atoms with Crippen LogP contribution in [0.1, 0.15) is 17.9 Å². The molecule has 0 aromatic carbocycles. The number of fused-ring (bicyclic) bond motifs is 1. The summed E-state index contributed by atoms with van der Waals surface area (Å²) >= 11 is 0. The molecule has 0 saturated heterocycles. The van der Waals surface area contributed by atoms with E-state index in [0.29, 0.717) is 18.2 Å². The van der Waals surface area contributed by atoms with Crippen LogP contribution in [0.3, 0.4) is 0 Å². The summed E-state index contributed by atoms with van der Waals surface area (Å²) in [6.45, 7) is 3.28. The molecule has 3 heterocycles. The Labute approximate surface area is 110 Å². The van der Waals surface area contributed by atoms with Crippen LogP contribution in [0.25, 0.3) is 0 Å². The van der Waals surface area contributed by atoms with Crippen molar-refractivity contribution in [1.29, 1.82) is 0 Å². The van der Waals surface area contributed by atoms with Crippen LogP contribution in [-0.2, 0) is 19.5 Å². The molecular weight excluding hydrogens is 246 g/mol. The predicted octanol–water partition coefficient (Wildman–Crippen LogP) is 1.56. The first kappa shape index (κ1) is 11.9. The van der Waals surface area contributed by atoms with Gasteiger partial charge in [0.2, 0.25) is 0 Å². The molecule has 0 radical (unpaired) electrons. The second-order valence-electron chi connectivity index (χ2n) is 4.98. The van der Waals surface area contributed by atoms with E-state index in [1.54, 1.807) is 13.1 Å². The number of nitrogens with zero attached hydrogens (tertiary/aromatic N) is 5. The first-order valence-corrected chi connectivity index (χ1v) is 6.32. The van der Waals surface area contributed by atoms with Gasteiger partial charge in [0.15, 0.2) is 0 Å². The molecule has 7 heteroatoms. The molecule has 0 aliphatic carbocycles. The van der Waals surface area contributed by atoms with E-state index in [1.807, 2.05) is 6.20 Å². The van der Waals surface area contributed by atoms with Crippen LogP contribution in [0.4, 0.5) is 5.82 Å². The van der Waals surface area contributed by atoms with Crippen molar-refractivity contribution in [3.8, 4) is 0 Å². The zero-order chi connectivity index (χ0) is 13.4. The van der Waals surface area contributed by atoms with E-state index in [2.05, 4.69) is 14.6 Å². The van der Waals surface area contributed by atoms with E-state index in [-0.39, 0.29) is 10.7 Å². The molecule has 1 aliphatic heterocycles. The van der Waals surface area contributed by atoms with Crippen LogP contribution < -0.4 is 0 Å². The maximum Gasteiger partial charge on any atom is 0.345 e. The van der Waals surface area contributed by atoms with Crippen molar-refractivity contribution in [3.05, 3.63) is 40.1 Å². The number of aryl methyl sites for hydroxylation is 2. The average molecular weight is 261 g/mol. The Morgan fingerprint density at radius 2 is 2.42 bits per heavy atom. The normalized spacial score (nSPS) is 18.3. The van der Waals surface area contributed by atoms with Gasteiger partial charge in [0, 0.05) is 31.3 Å². The molecule has 1 atom stereocenters. The minimum absolute atomic E-state index is 0.0754. The van der Waals surface area contributed by atoms with E-state index in [4.69, 9.17) is 0 Å².